The first-order chi connectivity index (χ1) is 13.0. The van der Waals surface area contributed by atoms with E-state index in [0.717, 1.165) is 24.2 Å². The summed E-state index contributed by atoms with van der Waals surface area (Å²) >= 11 is 0. The molecule has 2 heterocycles. The van der Waals surface area contributed by atoms with Crippen LogP contribution in [0.1, 0.15) is 5.56 Å². The third-order valence-corrected chi connectivity index (χ3v) is 4.21. The van der Waals surface area contributed by atoms with Crippen molar-refractivity contribution in [3.05, 3.63) is 54.1 Å². The summed E-state index contributed by atoms with van der Waals surface area (Å²) in [7, 11) is 0. The molecular formula is C18H19F3N4O2. The number of urea groups is 1. The van der Waals surface area contributed by atoms with E-state index in [1.165, 1.54) is 6.07 Å². The van der Waals surface area contributed by atoms with Gasteiger partial charge < -0.3 is 15.0 Å². The molecule has 2 amide bonds. The molecule has 6 nitrogen and oxygen atoms in total. The normalized spacial score (nSPS) is 15.0. The first-order valence-corrected chi connectivity index (χ1v) is 8.43. The van der Waals surface area contributed by atoms with Crippen LogP contribution in [0.15, 0.2) is 42.7 Å². The molecule has 1 aliphatic heterocycles. The van der Waals surface area contributed by atoms with Gasteiger partial charge in [-0.1, -0.05) is 0 Å². The van der Waals surface area contributed by atoms with E-state index < -0.39 is 18.2 Å². The number of amides is 2. The standard InChI is InChI=1S/C18H19F3N4O2/c19-15-11-14(1-2-16(15)27-17(20)21)23-18(26)25-9-7-24(8-10-25)12-13-3-5-22-6-4-13/h1-6,11,17H,7-10,12H2,(H,23,26). The van der Waals surface area contributed by atoms with Gasteiger partial charge in [0.05, 0.1) is 0 Å². The van der Waals surface area contributed by atoms with E-state index in [9.17, 15) is 18.0 Å². The van der Waals surface area contributed by atoms with Crippen molar-refractivity contribution in [1.82, 2.24) is 14.8 Å². The largest absolute Gasteiger partial charge is 0.432 e. The van der Waals surface area contributed by atoms with Crippen LogP contribution < -0.4 is 10.1 Å². The fourth-order valence-electron chi connectivity index (χ4n) is 2.83. The number of nitrogens with one attached hydrogen (secondary N) is 1. The molecule has 144 valence electrons. The highest BCUT2D eigenvalue weighted by Gasteiger charge is 2.21. The molecule has 27 heavy (non-hydrogen) atoms. The lowest BCUT2D eigenvalue weighted by Crippen LogP contribution is -2.49. The lowest BCUT2D eigenvalue weighted by atomic mass is 10.2. The van der Waals surface area contributed by atoms with Crippen LogP contribution in [0.25, 0.3) is 0 Å². The number of pyridine rings is 1. The van der Waals surface area contributed by atoms with Gasteiger partial charge in [0.2, 0.25) is 0 Å². The van der Waals surface area contributed by atoms with E-state index in [1.54, 1.807) is 17.3 Å². The number of ether oxygens (including phenoxy) is 1. The number of anilines is 1. The molecule has 1 aromatic carbocycles. The van der Waals surface area contributed by atoms with Crippen molar-refractivity contribution in [3.8, 4) is 5.75 Å². The van der Waals surface area contributed by atoms with Gasteiger partial charge in [0.1, 0.15) is 0 Å². The maximum atomic E-state index is 13.7. The summed E-state index contributed by atoms with van der Waals surface area (Å²) in [5.41, 5.74) is 1.34. The molecule has 1 aliphatic rings. The maximum Gasteiger partial charge on any atom is 0.387 e. The molecule has 1 saturated heterocycles. The molecule has 1 N–H and O–H groups in total. The van der Waals surface area contributed by atoms with Gasteiger partial charge in [-0.25, -0.2) is 9.18 Å². The quantitative estimate of drug-likeness (QED) is 0.866. The number of piperazine rings is 1. The summed E-state index contributed by atoms with van der Waals surface area (Å²) in [5.74, 6) is -1.53. The molecule has 0 aliphatic carbocycles. The Kier molecular flexibility index (Phi) is 6.12. The van der Waals surface area contributed by atoms with E-state index in [4.69, 9.17) is 0 Å². The zero-order valence-corrected chi connectivity index (χ0v) is 14.4. The molecule has 1 fully saturated rings. The second-order valence-electron chi connectivity index (χ2n) is 6.07. The number of carbonyl (C=O) groups is 1. The first-order valence-electron chi connectivity index (χ1n) is 8.43. The van der Waals surface area contributed by atoms with Crippen LogP contribution in [0.3, 0.4) is 0 Å². The van der Waals surface area contributed by atoms with Gasteiger partial charge in [0.25, 0.3) is 0 Å². The second kappa shape index (κ2) is 8.72. The van der Waals surface area contributed by atoms with Gasteiger partial charge in [-0.2, -0.15) is 8.78 Å². The van der Waals surface area contributed by atoms with Gasteiger partial charge in [-0.15, -0.1) is 0 Å². The van der Waals surface area contributed by atoms with Crippen LogP contribution in [0.4, 0.5) is 23.7 Å². The van der Waals surface area contributed by atoms with Crippen molar-refractivity contribution >= 4 is 11.7 Å². The molecule has 0 saturated carbocycles. The smallest absolute Gasteiger partial charge is 0.387 e. The van der Waals surface area contributed by atoms with Gasteiger partial charge in [-0.3, -0.25) is 9.88 Å². The zero-order valence-electron chi connectivity index (χ0n) is 14.4. The molecule has 3 rings (SSSR count). The SMILES string of the molecule is O=C(Nc1ccc(OC(F)F)c(F)c1)N1CCN(Cc2ccncc2)CC1. The number of benzene rings is 1. The van der Waals surface area contributed by atoms with E-state index in [-0.39, 0.29) is 11.7 Å². The van der Waals surface area contributed by atoms with Crippen molar-refractivity contribution in [1.29, 1.82) is 0 Å². The highest BCUT2D eigenvalue weighted by Crippen LogP contribution is 2.23. The Bertz CT molecular complexity index is 768. The maximum absolute atomic E-state index is 13.7. The Hall–Kier alpha value is -2.81. The minimum Gasteiger partial charge on any atom is -0.432 e. The number of nitrogens with zero attached hydrogens (tertiary/aromatic N) is 3. The average molecular weight is 380 g/mol. The van der Waals surface area contributed by atoms with E-state index in [0.29, 0.717) is 26.2 Å². The van der Waals surface area contributed by atoms with Gasteiger partial charge in [0.15, 0.2) is 11.6 Å². The molecule has 0 radical (unpaired) electrons. The van der Waals surface area contributed by atoms with Crippen LogP contribution in [0.2, 0.25) is 0 Å². The number of aromatic nitrogens is 1. The monoisotopic (exact) mass is 380 g/mol. The Morgan fingerprint density at radius 2 is 1.85 bits per heavy atom. The number of halogens is 3. The number of hydrogen-bond donors (Lipinski definition) is 1. The zero-order chi connectivity index (χ0) is 19.2. The van der Waals surface area contributed by atoms with Crippen LogP contribution in [0, 0.1) is 5.82 Å². The van der Waals surface area contributed by atoms with Crippen molar-refractivity contribution in [2.75, 3.05) is 31.5 Å². The summed E-state index contributed by atoms with van der Waals surface area (Å²) in [6.07, 6.45) is 3.49. The molecule has 0 atom stereocenters. The van der Waals surface area contributed by atoms with E-state index >= 15 is 0 Å². The molecule has 2 aromatic rings. The highest BCUT2D eigenvalue weighted by molar-refractivity contribution is 5.89. The molecule has 0 spiro atoms. The predicted molar refractivity (Wildman–Crippen MR) is 93.1 cm³/mol. The van der Waals surface area contributed by atoms with Gasteiger partial charge in [-0.05, 0) is 29.8 Å². The minimum atomic E-state index is -3.11. The molecule has 0 bridgehead atoms. The minimum absolute atomic E-state index is 0.179. The highest BCUT2D eigenvalue weighted by atomic mass is 19.3. The second-order valence-corrected chi connectivity index (χ2v) is 6.07. The van der Waals surface area contributed by atoms with Crippen molar-refractivity contribution in [2.45, 2.75) is 13.2 Å². The lowest BCUT2D eigenvalue weighted by Gasteiger charge is -2.34. The van der Waals surface area contributed by atoms with Crippen molar-refractivity contribution < 1.29 is 22.7 Å². The lowest BCUT2D eigenvalue weighted by molar-refractivity contribution is -0.0521. The fourth-order valence-corrected chi connectivity index (χ4v) is 2.83. The van der Waals surface area contributed by atoms with Crippen molar-refractivity contribution in [3.63, 3.8) is 0 Å². The molecule has 1 aromatic heterocycles. The number of carbonyl (C=O) groups excluding carboxylic acids is 1. The number of hydrogen-bond acceptors (Lipinski definition) is 4. The van der Waals surface area contributed by atoms with Crippen LogP contribution in [-0.2, 0) is 6.54 Å². The number of rotatable bonds is 5. The summed E-state index contributed by atoms with van der Waals surface area (Å²) in [6.45, 7) is 0.173. The third kappa shape index (κ3) is 5.33. The molecule has 0 unspecified atom stereocenters. The molecular weight excluding hydrogens is 361 g/mol. The average Bonchev–Trinajstić information content (AvgIpc) is 2.65. The topological polar surface area (TPSA) is 57.7 Å². The van der Waals surface area contributed by atoms with E-state index in [2.05, 4.69) is 19.9 Å². The van der Waals surface area contributed by atoms with Crippen LogP contribution >= 0.6 is 0 Å². The molecule has 9 heteroatoms. The summed E-state index contributed by atoms with van der Waals surface area (Å²) in [4.78, 5) is 20.2. The van der Waals surface area contributed by atoms with Crippen LogP contribution in [0.5, 0.6) is 5.75 Å². The Morgan fingerprint density at radius 1 is 1.15 bits per heavy atom. The van der Waals surface area contributed by atoms with E-state index in [1.807, 2.05) is 12.1 Å². The van der Waals surface area contributed by atoms with Crippen molar-refractivity contribution in [2.24, 2.45) is 0 Å². The summed E-state index contributed by atoms with van der Waals surface area (Å²) in [6, 6.07) is 6.88. The number of alkyl halides is 2. The Balaban J connectivity index is 1.50. The van der Waals surface area contributed by atoms with Gasteiger partial charge >= 0.3 is 12.6 Å². The van der Waals surface area contributed by atoms with Gasteiger partial charge in [0, 0.05) is 56.9 Å². The third-order valence-electron chi connectivity index (χ3n) is 4.21. The Morgan fingerprint density at radius 3 is 2.48 bits per heavy atom. The first kappa shape index (κ1) is 19.0. The summed E-state index contributed by atoms with van der Waals surface area (Å²) < 4.78 is 42.1. The van der Waals surface area contributed by atoms with Crippen LogP contribution in [-0.4, -0.2) is 53.6 Å². The fraction of sp³-hybridized carbons (Fsp3) is 0.333. The Labute approximate surface area is 154 Å². The summed E-state index contributed by atoms with van der Waals surface area (Å²) in [5, 5.41) is 2.57. The predicted octanol–water partition coefficient (Wildman–Crippen LogP) is 3.17.